The van der Waals surface area contributed by atoms with Crippen LogP contribution in [0.25, 0.3) is 22.0 Å². The number of hydrogen-bond donors (Lipinski definition) is 0. The fourth-order valence-electron chi connectivity index (χ4n) is 1.79. The van der Waals surface area contributed by atoms with Crippen molar-refractivity contribution in [2.75, 3.05) is 0 Å². The van der Waals surface area contributed by atoms with Crippen molar-refractivity contribution in [3.05, 3.63) is 66.9 Å². The summed E-state index contributed by atoms with van der Waals surface area (Å²) in [5.41, 5.74) is 2.01. The molecule has 75 valence electrons. The first-order valence-electron chi connectivity index (χ1n) is 5.26. The van der Waals surface area contributed by atoms with E-state index in [1.807, 2.05) is 30.3 Å². The van der Waals surface area contributed by atoms with E-state index < -0.39 is 0 Å². The molecule has 0 spiro atoms. The third kappa shape index (κ3) is 1.57. The van der Waals surface area contributed by atoms with Crippen molar-refractivity contribution in [3.63, 3.8) is 0 Å². The monoisotopic (exact) mass is 204 g/mol. The molecule has 0 aliphatic heterocycles. The highest BCUT2D eigenvalue weighted by atomic mass is 14.7. The van der Waals surface area contributed by atoms with Crippen molar-refractivity contribution in [3.8, 4) is 11.3 Å². The summed E-state index contributed by atoms with van der Waals surface area (Å²) in [6.07, 6.45) is 1.80. The van der Waals surface area contributed by atoms with Gasteiger partial charge in [0, 0.05) is 17.8 Å². The fraction of sp³-hybridized carbons (Fsp3) is 0. The third-order valence-electron chi connectivity index (χ3n) is 2.60. The number of aromatic nitrogens is 1. The summed E-state index contributed by atoms with van der Waals surface area (Å²) in [5, 5.41) is 2.34. The molecule has 0 unspecified atom stereocenters. The quantitative estimate of drug-likeness (QED) is 0.589. The van der Waals surface area contributed by atoms with Gasteiger partial charge in [-0.15, -0.1) is 0 Å². The highest BCUT2D eigenvalue weighted by molar-refractivity contribution is 5.85. The summed E-state index contributed by atoms with van der Waals surface area (Å²) in [4.78, 5) is 4.32. The van der Waals surface area contributed by atoms with E-state index in [-0.39, 0.29) is 0 Å². The summed E-state index contributed by atoms with van der Waals surface area (Å²) in [6.45, 7) is 0. The number of nitrogens with zero attached hydrogens (tertiary/aromatic N) is 1. The smallest absolute Gasteiger partial charge is 0.0708 e. The Labute approximate surface area is 94.4 Å². The van der Waals surface area contributed by atoms with Gasteiger partial charge in [0.15, 0.2) is 0 Å². The molecule has 0 atom stereocenters. The van der Waals surface area contributed by atoms with Crippen LogP contribution in [0.1, 0.15) is 0 Å². The van der Waals surface area contributed by atoms with Gasteiger partial charge in [-0.2, -0.15) is 0 Å². The Balaban J connectivity index is 2.19. The lowest BCUT2D eigenvalue weighted by Gasteiger charge is -2.02. The van der Waals surface area contributed by atoms with Crippen LogP contribution in [0.2, 0.25) is 0 Å². The second-order valence-corrected chi connectivity index (χ2v) is 3.67. The number of rotatable bonds is 1. The molecule has 1 heterocycles. The zero-order valence-electron chi connectivity index (χ0n) is 8.72. The van der Waals surface area contributed by atoms with Crippen molar-refractivity contribution in [2.45, 2.75) is 0 Å². The Morgan fingerprint density at radius 2 is 1.69 bits per heavy atom. The molecule has 0 N–H and O–H groups in total. The van der Waals surface area contributed by atoms with Crippen LogP contribution in [0.15, 0.2) is 60.8 Å². The number of hydrogen-bond acceptors (Lipinski definition) is 1. The van der Waals surface area contributed by atoms with E-state index in [0.29, 0.717) is 0 Å². The lowest BCUT2D eigenvalue weighted by Crippen LogP contribution is -1.82. The van der Waals surface area contributed by atoms with Crippen LogP contribution in [0.5, 0.6) is 0 Å². The van der Waals surface area contributed by atoms with Crippen molar-refractivity contribution >= 4 is 10.8 Å². The minimum atomic E-state index is 0.966. The molecule has 1 radical (unpaired) electrons. The van der Waals surface area contributed by atoms with Gasteiger partial charge in [-0.3, -0.25) is 4.98 Å². The van der Waals surface area contributed by atoms with Crippen LogP contribution in [-0.4, -0.2) is 4.98 Å². The van der Waals surface area contributed by atoms with Gasteiger partial charge >= 0.3 is 0 Å². The Morgan fingerprint density at radius 3 is 2.56 bits per heavy atom. The number of pyridine rings is 1. The molecule has 0 aliphatic rings. The molecule has 3 aromatic rings. The van der Waals surface area contributed by atoms with E-state index in [2.05, 4.69) is 35.3 Å². The Hall–Kier alpha value is -2.15. The van der Waals surface area contributed by atoms with Crippen LogP contribution >= 0.6 is 0 Å². The molecule has 0 bridgehead atoms. The topological polar surface area (TPSA) is 12.9 Å². The zero-order valence-corrected chi connectivity index (χ0v) is 8.72. The summed E-state index contributed by atoms with van der Waals surface area (Å²) in [6, 6.07) is 21.7. The summed E-state index contributed by atoms with van der Waals surface area (Å²) in [5.74, 6) is 0. The van der Waals surface area contributed by atoms with Gasteiger partial charge in [0.2, 0.25) is 0 Å². The van der Waals surface area contributed by atoms with Crippen molar-refractivity contribution < 1.29 is 0 Å². The Kier molecular flexibility index (Phi) is 2.15. The van der Waals surface area contributed by atoms with Gasteiger partial charge in [-0.05, 0) is 22.9 Å². The lowest BCUT2D eigenvalue weighted by molar-refractivity contribution is 1.33. The SMILES string of the molecule is [c]1c(-c2ccccn2)ccc2ccccc12. The molecule has 1 nitrogen and oxygen atoms in total. The maximum absolute atomic E-state index is 4.32. The largest absolute Gasteiger partial charge is 0.256 e. The van der Waals surface area contributed by atoms with Crippen LogP contribution in [-0.2, 0) is 0 Å². The third-order valence-corrected chi connectivity index (χ3v) is 2.60. The molecule has 3 rings (SSSR count). The fourth-order valence-corrected chi connectivity index (χ4v) is 1.79. The average molecular weight is 204 g/mol. The molecule has 0 amide bonds. The number of fused-ring (bicyclic) bond motifs is 1. The van der Waals surface area contributed by atoms with E-state index in [1.165, 1.54) is 5.39 Å². The van der Waals surface area contributed by atoms with Crippen LogP contribution in [0.3, 0.4) is 0 Å². The van der Waals surface area contributed by atoms with E-state index in [4.69, 9.17) is 0 Å². The molecule has 1 aromatic heterocycles. The van der Waals surface area contributed by atoms with Gasteiger partial charge in [-0.25, -0.2) is 0 Å². The molecule has 1 heteroatoms. The summed E-state index contributed by atoms with van der Waals surface area (Å²) >= 11 is 0. The van der Waals surface area contributed by atoms with Gasteiger partial charge in [0.05, 0.1) is 5.69 Å². The zero-order chi connectivity index (χ0) is 10.8. The predicted octanol–water partition coefficient (Wildman–Crippen LogP) is 3.70. The molecule has 0 fully saturated rings. The summed E-state index contributed by atoms with van der Waals surface area (Å²) < 4.78 is 0. The molecule has 2 aromatic carbocycles. The molecular formula is C15H10N. The molecular weight excluding hydrogens is 194 g/mol. The first-order chi connectivity index (χ1) is 7.93. The van der Waals surface area contributed by atoms with Crippen LogP contribution < -0.4 is 0 Å². The van der Waals surface area contributed by atoms with Crippen LogP contribution in [0.4, 0.5) is 0 Å². The first kappa shape index (κ1) is 9.10. The highest BCUT2D eigenvalue weighted by Crippen LogP contribution is 2.21. The predicted molar refractivity (Wildman–Crippen MR) is 66.0 cm³/mol. The molecule has 0 saturated heterocycles. The van der Waals surface area contributed by atoms with E-state index in [0.717, 1.165) is 16.6 Å². The maximum atomic E-state index is 4.32. The first-order valence-corrected chi connectivity index (χ1v) is 5.26. The minimum absolute atomic E-state index is 0.966. The Morgan fingerprint density at radius 1 is 0.812 bits per heavy atom. The van der Waals surface area contributed by atoms with Gasteiger partial charge in [0.1, 0.15) is 0 Å². The Bertz CT molecular complexity index is 614. The molecule has 0 aliphatic carbocycles. The van der Waals surface area contributed by atoms with Crippen molar-refractivity contribution in [1.29, 1.82) is 0 Å². The normalized spacial score (nSPS) is 10.5. The molecule has 16 heavy (non-hydrogen) atoms. The standard InChI is InChI=1S/C15H10N/c1-2-6-13-11-14(9-8-12(13)5-1)15-7-3-4-10-16-15/h1-10H. The highest BCUT2D eigenvalue weighted by Gasteiger charge is 1.99. The van der Waals surface area contributed by atoms with Crippen LogP contribution in [0, 0.1) is 6.07 Å². The van der Waals surface area contributed by atoms with E-state index in [9.17, 15) is 0 Å². The maximum Gasteiger partial charge on any atom is 0.0708 e. The molecule has 0 saturated carbocycles. The average Bonchev–Trinajstić information content (AvgIpc) is 2.39. The minimum Gasteiger partial charge on any atom is -0.256 e. The number of benzene rings is 2. The van der Waals surface area contributed by atoms with Crippen molar-refractivity contribution in [1.82, 2.24) is 4.98 Å². The second kappa shape index (κ2) is 3.78. The van der Waals surface area contributed by atoms with E-state index in [1.54, 1.807) is 6.20 Å². The van der Waals surface area contributed by atoms with Gasteiger partial charge in [-0.1, -0.05) is 42.5 Å². The van der Waals surface area contributed by atoms with Gasteiger partial charge < -0.3 is 0 Å². The summed E-state index contributed by atoms with van der Waals surface area (Å²) in [7, 11) is 0. The second-order valence-electron chi connectivity index (χ2n) is 3.67. The van der Waals surface area contributed by atoms with E-state index >= 15 is 0 Å². The van der Waals surface area contributed by atoms with Crippen molar-refractivity contribution in [2.24, 2.45) is 0 Å². The van der Waals surface area contributed by atoms with Gasteiger partial charge in [0.25, 0.3) is 0 Å². The lowest BCUT2D eigenvalue weighted by atomic mass is 10.0.